The summed E-state index contributed by atoms with van der Waals surface area (Å²) in [6.45, 7) is 9.74. The number of nitrogens with zero attached hydrogens (tertiary/aromatic N) is 3. The quantitative estimate of drug-likeness (QED) is 0.627. The van der Waals surface area contributed by atoms with Crippen molar-refractivity contribution < 1.29 is 4.79 Å². The van der Waals surface area contributed by atoms with Crippen LogP contribution in [-0.4, -0.2) is 15.8 Å². The first-order chi connectivity index (χ1) is 10.4. The number of carbonyl (C=O) groups is 1. The molecular weight excluding hydrogens is 294 g/mol. The van der Waals surface area contributed by atoms with E-state index in [2.05, 4.69) is 4.98 Å². The Bertz CT molecular complexity index is 825. The first-order valence-corrected chi connectivity index (χ1v) is 7.74. The van der Waals surface area contributed by atoms with E-state index in [1.165, 1.54) is 11.3 Å². The molecule has 0 bridgehead atoms. The van der Waals surface area contributed by atoms with Crippen molar-refractivity contribution in [2.24, 2.45) is 0 Å². The highest BCUT2D eigenvalue weighted by atomic mass is 32.1. The Morgan fingerprint density at radius 1 is 1.27 bits per heavy atom. The van der Waals surface area contributed by atoms with Gasteiger partial charge in [0.1, 0.15) is 11.8 Å². The molecule has 112 valence electrons. The van der Waals surface area contributed by atoms with Gasteiger partial charge in [-0.25, -0.2) is 4.98 Å². The molecule has 0 saturated carbocycles. The lowest BCUT2D eigenvalue weighted by molar-refractivity contribution is 0.105. The van der Waals surface area contributed by atoms with Gasteiger partial charge in [0.25, 0.3) is 5.78 Å². The molecular formula is C17H17N3OS. The summed E-state index contributed by atoms with van der Waals surface area (Å²) < 4.78 is 0. The topological polar surface area (TPSA) is 66.6 Å². The van der Waals surface area contributed by atoms with Crippen LogP contribution in [0.1, 0.15) is 46.2 Å². The number of rotatable bonds is 3. The van der Waals surface area contributed by atoms with Crippen LogP contribution < -0.4 is 0 Å². The molecule has 0 N–H and O–H groups in total. The molecule has 2 aromatic rings. The lowest BCUT2D eigenvalue weighted by atomic mass is 10.1. The van der Waals surface area contributed by atoms with Gasteiger partial charge in [-0.05, 0) is 51.8 Å². The third-order valence-electron chi connectivity index (χ3n) is 3.51. The number of thiophene rings is 1. The van der Waals surface area contributed by atoms with E-state index in [9.17, 15) is 4.79 Å². The van der Waals surface area contributed by atoms with Crippen molar-refractivity contribution in [1.29, 1.82) is 5.26 Å². The standard InChI is InChI=1S/C17H17N3OS/c1-6-9(2)15-11(4)19-12(5)16(20-15)17-10(3)7-14(22-17)13(21)8-18/h6-7H,1-5H3/b9-6-. The number of carbonyl (C=O) groups excluding carboxylic acids is 1. The van der Waals surface area contributed by atoms with Crippen molar-refractivity contribution in [2.75, 3.05) is 0 Å². The number of hydrogen-bond acceptors (Lipinski definition) is 5. The molecule has 0 radical (unpaired) electrons. The summed E-state index contributed by atoms with van der Waals surface area (Å²) >= 11 is 1.30. The van der Waals surface area contributed by atoms with Gasteiger partial charge in [-0.15, -0.1) is 11.3 Å². The van der Waals surface area contributed by atoms with Crippen LogP contribution in [0.4, 0.5) is 0 Å². The molecule has 0 aromatic carbocycles. The number of aryl methyl sites for hydroxylation is 3. The summed E-state index contributed by atoms with van der Waals surface area (Å²) in [6, 6.07) is 3.41. The molecule has 0 aliphatic carbocycles. The summed E-state index contributed by atoms with van der Waals surface area (Å²) in [5, 5.41) is 8.77. The van der Waals surface area contributed by atoms with Crippen LogP contribution in [0.3, 0.4) is 0 Å². The predicted octanol–water partition coefficient (Wildman–Crippen LogP) is 4.26. The van der Waals surface area contributed by atoms with Crippen LogP contribution in [0.25, 0.3) is 16.1 Å². The Labute approximate surface area is 134 Å². The van der Waals surface area contributed by atoms with Gasteiger partial charge in [-0.3, -0.25) is 9.78 Å². The van der Waals surface area contributed by atoms with Crippen molar-refractivity contribution in [3.8, 4) is 16.6 Å². The molecule has 5 heteroatoms. The van der Waals surface area contributed by atoms with E-state index in [0.717, 1.165) is 38.8 Å². The van der Waals surface area contributed by atoms with E-state index in [1.807, 2.05) is 40.7 Å². The van der Waals surface area contributed by atoms with Crippen LogP contribution in [-0.2, 0) is 0 Å². The van der Waals surface area contributed by atoms with E-state index < -0.39 is 5.78 Å². The summed E-state index contributed by atoms with van der Waals surface area (Å²) in [7, 11) is 0. The molecule has 0 fully saturated rings. The minimum absolute atomic E-state index is 0.445. The van der Waals surface area contributed by atoms with Crippen molar-refractivity contribution in [3.63, 3.8) is 0 Å². The molecule has 0 atom stereocenters. The van der Waals surface area contributed by atoms with Crippen molar-refractivity contribution >= 4 is 22.7 Å². The fraction of sp³-hybridized carbons (Fsp3) is 0.294. The minimum Gasteiger partial charge on any atom is -0.276 e. The van der Waals surface area contributed by atoms with Crippen molar-refractivity contribution in [3.05, 3.63) is 39.7 Å². The normalized spacial score (nSPS) is 11.4. The fourth-order valence-electron chi connectivity index (χ4n) is 2.24. The largest absolute Gasteiger partial charge is 0.276 e. The van der Waals surface area contributed by atoms with Crippen LogP contribution in [0.15, 0.2) is 12.1 Å². The highest BCUT2D eigenvalue weighted by Gasteiger charge is 2.18. The van der Waals surface area contributed by atoms with Crippen molar-refractivity contribution in [1.82, 2.24) is 9.97 Å². The van der Waals surface area contributed by atoms with Gasteiger partial charge < -0.3 is 0 Å². The number of allylic oxidation sites excluding steroid dienone is 2. The molecule has 0 aliphatic rings. The monoisotopic (exact) mass is 311 g/mol. The summed E-state index contributed by atoms with van der Waals surface area (Å²) in [4.78, 5) is 22.3. The third-order valence-corrected chi connectivity index (χ3v) is 4.75. The van der Waals surface area contributed by atoms with E-state index >= 15 is 0 Å². The van der Waals surface area contributed by atoms with Gasteiger partial charge in [-0.2, -0.15) is 5.26 Å². The van der Waals surface area contributed by atoms with E-state index in [-0.39, 0.29) is 0 Å². The molecule has 2 aromatic heterocycles. The van der Waals surface area contributed by atoms with Gasteiger partial charge in [-0.1, -0.05) is 6.08 Å². The number of aromatic nitrogens is 2. The maximum absolute atomic E-state index is 11.6. The van der Waals surface area contributed by atoms with E-state index in [4.69, 9.17) is 10.2 Å². The zero-order valence-corrected chi connectivity index (χ0v) is 14.1. The average molecular weight is 311 g/mol. The maximum atomic E-state index is 11.6. The van der Waals surface area contributed by atoms with Crippen LogP contribution in [0.5, 0.6) is 0 Å². The number of ketones is 1. The lowest BCUT2D eigenvalue weighted by Gasteiger charge is -2.10. The van der Waals surface area contributed by atoms with Gasteiger partial charge in [0.15, 0.2) is 0 Å². The van der Waals surface area contributed by atoms with Crippen molar-refractivity contribution in [2.45, 2.75) is 34.6 Å². The summed E-state index contributed by atoms with van der Waals surface area (Å²) in [5.74, 6) is -0.512. The molecule has 22 heavy (non-hydrogen) atoms. The molecule has 2 heterocycles. The first-order valence-electron chi connectivity index (χ1n) is 6.92. The Balaban J connectivity index is 2.66. The smallest absolute Gasteiger partial charge is 0.272 e. The van der Waals surface area contributed by atoms with Gasteiger partial charge in [0.05, 0.1) is 26.8 Å². The first kappa shape index (κ1) is 16.1. The Kier molecular flexibility index (Phi) is 4.53. The number of Topliss-reactive ketones (excluding diaryl/α,β-unsaturated/α-hetero) is 1. The average Bonchev–Trinajstić information content (AvgIpc) is 2.87. The van der Waals surface area contributed by atoms with E-state index in [0.29, 0.717) is 4.88 Å². The van der Waals surface area contributed by atoms with E-state index in [1.54, 1.807) is 12.1 Å². The second kappa shape index (κ2) is 6.20. The maximum Gasteiger partial charge on any atom is 0.272 e. The molecule has 0 unspecified atom stereocenters. The summed E-state index contributed by atoms with van der Waals surface area (Å²) in [5.41, 5.74) is 5.36. The van der Waals surface area contributed by atoms with Crippen LogP contribution in [0, 0.1) is 32.1 Å². The SMILES string of the molecule is C/C=C(/C)c1nc(-c2sc(C(=O)C#N)cc2C)c(C)nc1C. The van der Waals surface area contributed by atoms with Crippen LogP contribution in [0.2, 0.25) is 0 Å². The zero-order chi connectivity index (χ0) is 16.4. The summed E-state index contributed by atoms with van der Waals surface area (Å²) in [6.07, 6.45) is 2.00. The molecule has 0 aliphatic heterocycles. The molecule has 2 rings (SSSR count). The van der Waals surface area contributed by atoms with Gasteiger partial charge >= 0.3 is 0 Å². The molecule has 0 saturated heterocycles. The highest BCUT2D eigenvalue weighted by molar-refractivity contribution is 7.17. The second-order valence-corrected chi connectivity index (χ2v) is 6.18. The molecule has 0 spiro atoms. The number of nitriles is 1. The number of hydrogen-bond donors (Lipinski definition) is 0. The minimum atomic E-state index is -0.512. The lowest BCUT2D eigenvalue weighted by Crippen LogP contribution is -2.01. The Morgan fingerprint density at radius 2 is 1.95 bits per heavy atom. The van der Waals surface area contributed by atoms with Gasteiger partial charge in [0.2, 0.25) is 0 Å². The third kappa shape index (κ3) is 2.83. The second-order valence-electron chi connectivity index (χ2n) is 5.13. The Hall–Kier alpha value is -2.32. The van der Waals surface area contributed by atoms with Crippen LogP contribution >= 0.6 is 11.3 Å². The predicted molar refractivity (Wildman–Crippen MR) is 88.8 cm³/mol. The molecule has 4 nitrogen and oxygen atoms in total. The Morgan fingerprint density at radius 3 is 2.55 bits per heavy atom. The zero-order valence-electron chi connectivity index (χ0n) is 13.3. The molecule has 0 amide bonds. The fourth-order valence-corrected chi connectivity index (χ4v) is 3.34. The highest BCUT2D eigenvalue weighted by Crippen LogP contribution is 2.34. The van der Waals surface area contributed by atoms with Gasteiger partial charge in [0, 0.05) is 0 Å².